The van der Waals surface area contributed by atoms with Crippen molar-refractivity contribution in [2.45, 2.75) is 6.17 Å². The van der Waals surface area contributed by atoms with E-state index in [-0.39, 0.29) is 6.17 Å². The third-order valence-electron chi connectivity index (χ3n) is 12.6. The van der Waals surface area contributed by atoms with Crippen molar-refractivity contribution < 1.29 is 4.42 Å². The summed E-state index contributed by atoms with van der Waals surface area (Å²) in [5.41, 5.74) is 10.0. The second-order valence-electron chi connectivity index (χ2n) is 16.2. The van der Waals surface area contributed by atoms with Crippen LogP contribution in [0.2, 0.25) is 0 Å². The molecule has 1 aliphatic heterocycles. The van der Waals surface area contributed by atoms with Crippen molar-refractivity contribution in [3.05, 3.63) is 223 Å². The summed E-state index contributed by atoms with van der Waals surface area (Å²) in [5.74, 6) is 1.43. The van der Waals surface area contributed by atoms with Crippen LogP contribution >= 0.6 is 0 Å². The summed E-state index contributed by atoms with van der Waals surface area (Å²) in [5, 5.41) is 15.6. The number of nitrogens with zero attached hydrogens (tertiary/aromatic N) is 3. The average Bonchev–Trinajstić information content (AvgIpc) is 3.88. The van der Waals surface area contributed by atoms with Crippen molar-refractivity contribution in [3.63, 3.8) is 0 Å². The molecule has 13 rings (SSSR count). The van der Waals surface area contributed by atoms with Crippen molar-refractivity contribution in [2.24, 2.45) is 9.98 Å². The molecular weight excluding hydrogens is 757 g/mol. The minimum Gasteiger partial charge on any atom is -0.455 e. The second-order valence-corrected chi connectivity index (χ2v) is 16.2. The molecule has 0 amide bonds. The Hall–Kier alpha value is -8.28. The number of amidine groups is 2. The molecule has 290 valence electrons. The molecule has 62 heavy (non-hydrogen) atoms. The molecule has 1 aliphatic rings. The van der Waals surface area contributed by atoms with E-state index in [0.29, 0.717) is 5.84 Å². The number of aromatic nitrogens is 1. The van der Waals surface area contributed by atoms with E-state index in [2.05, 4.69) is 198 Å². The highest BCUT2D eigenvalue weighted by molar-refractivity contribution is 6.18. The molecule has 0 bridgehead atoms. The largest absolute Gasteiger partial charge is 0.455 e. The molecule has 1 unspecified atom stereocenters. The fourth-order valence-electron chi connectivity index (χ4n) is 9.65. The summed E-state index contributed by atoms with van der Waals surface area (Å²) >= 11 is 0. The molecule has 5 nitrogen and oxygen atoms in total. The Morgan fingerprint density at radius 2 is 1.13 bits per heavy atom. The normalized spacial score (nSPS) is 14.3. The second kappa shape index (κ2) is 13.6. The molecule has 0 saturated heterocycles. The minimum absolute atomic E-state index is 0.349. The summed E-state index contributed by atoms with van der Waals surface area (Å²) < 4.78 is 9.18. The first-order chi connectivity index (χ1) is 30.7. The highest BCUT2D eigenvalue weighted by Crippen LogP contribution is 2.42. The van der Waals surface area contributed by atoms with Crippen LogP contribution in [0.25, 0.3) is 92.9 Å². The van der Waals surface area contributed by atoms with Crippen LogP contribution in [0.1, 0.15) is 22.9 Å². The van der Waals surface area contributed by atoms with Crippen molar-refractivity contribution >= 4 is 87.7 Å². The Bertz CT molecular complexity index is 3850. The molecule has 0 spiro atoms. The highest BCUT2D eigenvalue weighted by Gasteiger charge is 2.25. The fraction of sp³-hybridized carbons (Fsp3) is 0.0175. The first-order valence-electron chi connectivity index (χ1n) is 21.1. The number of hydrogen-bond donors (Lipinski definition) is 1. The van der Waals surface area contributed by atoms with E-state index < -0.39 is 0 Å². The third kappa shape index (κ3) is 5.42. The van der Waals surface area contributed by atoms with Crippen molar-refractivity contribution in [1.29, 1.82) is 0 Å². The maximum absolute atomic E-state index is 6.76. The van der Waals surface area contributed by atoms with Crippen LogP contribution in [-0.4, -0.2) is 16.2 Å². The standard InChI is InChI=1S/C57H36N4O/c1-2-14-36(15-3-1)55-58-56(40-27-29-43-39(31-40)26-25-35-13-6-7-18-42(35)43)60-57(59-55)41-28-30-51(49(33-41)47-22-12-21-46-45-20-9-11-24-53(45)62-54(46)47)61-50-23-10-8-19-44(50)48-32-37-16-4-5-17-38(37)34-52(48)61/h1-34,55H,(H,58,59,60). The maximum atomic E-state index is 6.76. The van der Waals surface area contributed by atoms with Gasteiger partial charge in [0.15, 0.2) is 5.84 Å². The zero-order chi connectivity index (χ0) is 40.7. The lowest BCUT2D eigenvalue weighted by Gasteiger charge is -2.24. The van der Waals surface area contributed by atoms with Gasteiger partial charge in [-0.2, -0.15) is 0 Å². The summed E-state index contributed by atoms with van der Waals surface area (Å²) in [7, 11) is 0. The number of aliphatic imine (C=N–C) groups is 2. The molecule has 3 heterocycles. The van der Waals surface area contributed by atoms with Gasteiger partial charge in [-0.25, -0.2) is 9.98 Å². The van der Waals surface area contributed by atoms with Gasteiger partial charge in [-0.3, -0.25) is 0 Å². The molecule has 0 saturated carbocycles. The van der Waals surface area contributed by atoms with Crippen molar-refractivity contribution in [3.8, 4) is 16.8 Å². The Morgan fingerprint density at radius 1 is 0.435 bits per heavy atom. The van der Waals surface area contributed by atoms with Gasteiger partial charge >= 0.3 is 0 Å². The van der Waals surface area contributed by atoms with Crippen molar-refractivity contribution in [2.75, 3.05) is 0 Å². The minimum atomic E-state index is -0.349. The van der Waals surface area contributed by atoms with Gasteiger partial charge in [0, 0.05) is 43.8 Å². The van der Waals surface area contributed by atoms with Gasteiger partial charge in [-0.1, -0.05) is 158 Å². The van der Waals surface area contributed by atoms with Crippen LogP contribution in [0.3, 0.4) is 0 Å². The number of hydrogen-bond acceptors (Lipinski definition) is 4. The maximum Gasteiger partial charge on any atom is 0.159 e. The predicted molar refractivity (Wildman–Crippen MR) is 258 cm³/mol. The predicted octanol–water partition coefficient (Wildman–Crippen LogP) is 14.3. The van der Waals surface area contributed by atoms with Crippen LogP contribution in [0, 0.1) is 0 Å². The molecule has 2 aromatic heterocycles. The quantitative estimate of drug-likeness (QED) is 0.177. The average molecular weight is 793 g/mol. The van der Waals surface area contributed by atoms with E-state index in [0.717, 1.165) is 77.7 Å². The van der Waals surface area contributed by atoms with Gasteiger partial charge in [0.2, 0.25) is 0 Å². The van der Waals surface area contributed by atoms with E-state index in [1.54, 1.807) is 0 Å². The molecule has 1 N–H and O–H groups in total. The summed E-state index contributed by atoms with van der Waals surface area (Å²) in [4.78, 5) is 10.7. The first kappa shape index (κ1) is 34.6. The van der Waals surface area contributed by atoms with Gasteiger partial charge in [0.05, 0.1) is 16.7 Å². The van der Waals surface area contributed by atoms with Crippen LogP contribution in [0.4, 0.5) is 0 Å². The molecule has 0 radical (unpaired) electrons. The van der Waals surface area contributed by atoms with Gasteiger partial charge in [0.25, 0.3) is 0 Å². The number of furan rings is 1. The summed E-state index contributed by atoms with van der Waals surface area (Å²) in [6.07, 6.45) is -0.349. The Balaban J connectivity index is 1.06. The SMILES string of the molecule is c1ccc(C2N=C(c3ccc(-n4c5ccccc5c5cc6ccccc6cc54)c(-c4cccc5c4oc4ccccc45)c3)N=C(c3ccc4c(ccc5ccccc54)c3)N2)cc1. The number of fused-ring (bicyclic) bond motifs is 10. The van der Waals surface area contributed by atoms with E-state index in [1.165, 1.54) is 37.7 Å². The van der Waals surface area contributed by atoms with E-state index in [4.69, 9.17) is 14.4 Å². The molecule has 12 aromatic rings. The van der Waals surface area contributed by atoms with Gasteiger partial charge < -0.3 is 14.3 Å². The van der Waals surface area contributed by atoms with E-state index in [1.807, 2.05) is 18.2 Å². The zero-order valence-corrected chi connectivity index (χ0v) is 33.5. The summed E-state index contributed by atoms with van der Waals surface area (Å²) in [6, 6.07) is 73.4. The lowest BCUT2D eigenvalue weighted by molar-refractivity contribution is 0.670. The molecule has 5 heteroatoms. The Labute approximate surface area is 356 Å². The smallest absolute Gasteiger partial charge is 0.159 e. The third-order valence-corrected chi connectivity index (χ3v) is 12.6. The molecule has 0 fully saturated rings. The number of benzene rings is 10. The van der Waals surface area contributed by atoms with Crippen LogP contribution in [0.5, 0.6) is 0 Å². The first-order valence-corrected chi connectivity index (χ1v) is 21.1. The van der Waals surface area contributed by atoms with E-state index in [9.17, 15) is 0 Å². The Morgan fingerprint density at radius 3 is 2.02 bits per heavy atom. The monoisotopic (exact) mass is 792 g/mol. The zero-order valence-electron chi connectivity index (χ0n) is 33.5. The fourth-order valence-corrected chi connectivity index (χ4v) is 9.65. The highest BCUT2D eigenvalue weighted by atomic mass is 16.3. The number of para-hydroxylation sites is 3. The number of rotatable bonds is 5. The summed E-state index contributed by atoms with van der Waals surface area (Å²) in [6.45, 7) is 0. The topological polar surface area (TPSA) is 54.8 Å². The lowest BCUT2D eigenvalue weighted by Crippen LogP contribution is -2.33. The number of nitrogens with one attached hydrogen (secondary N) is 1. The van der Waals surface area contributed by atoms with Gasteiger partial charge in [-0.05, 0) is 86.4 Å². The van der Waals surface area contributed by atoms with Crippen LogP contribution in [-0.2, 0) is 0 Å². The molecule has 10 aromatic carbocycles. The van der Waals surface area contributed by atoms with Crippen LogP contribution < -0.4 is 5.32 Å². The van der Waals surface area contributed by atoms with Gasteiger partial charge in [0.1, 0.15) is 23.2 Å². The molecular formula is C57H36N4O. The van der Waals surface area contributed by atoms with Crippen LogP contribution in [0.15, 0.2) is 221 Å². The van der Waals surface area contributed by atoms with E-state index >= 15 is 0 Å². The Kier molecular flexibility index (Phi) is 7.60. The van der Waals surface area contributed by atoms with Gasteiger partial charge in [-0.15, -0.1) is 0 Å². The van der Waals surface area contributed by atoms with Crippen molar-refractivity contribution in [1.82, 2.24) is 9.88 Å². The lowest BCUT2D eigenvalue weighted by atomic mass is 9.97. The molecule has 1 atom stereocenters. The molecule has 0 aliphatic carbocycles.